The molecule has 1 amide bonds. The van der Waals surface area contributed by atoms with Gasteiger partial charge in [0.05, 0.1) is 17.1 Å². The van der Waals surface area contributed by atoms with Gasteiger partial charge in [0.1, 0.15) is 5.60 Å². The Morgan fingerprint density at radius 2 is 2.12 bits per heavy atom. The van der Waals surface area contributed by atoms with Gasteiger partial charge in [-0.2, -0.15) is 0 Å². The van der Waals surface area contributed by atoms with Crippen molar-refractivity contribution in [3.8, 4) is 0 Å². The van der Waals surface area contributed by atoms with E-state index >= 15 is 0 Å². The zero-order chi connectivity index (χ0) is 17.9. The summed E-state index contributed by atoms with van der Waals surface area (Å²) in [6, 6.07) is 4.79. The number of rotatable bonds is 3. The summed E-state index contributed by atoms with van der Waals surface area (Å²) in [5.41, 5.74) is 1.34. The lowest BCUT2D eigenvalue weighted by atomic mass is 9.97. The van der Waals surface area contributed by atoms with Crippen molar-refractivity contribution in [2.24, 2.45) is 0 Å². The summed E-state index contributed by atoms with van der Waals surface area (Å²) in [7, 11) is 0. The summed E-state index contributed by atoms with van der Waals surface area (Å²) in [5, 5.41) is 20.3. The number of carbonyl (C=O) groups excluding carboxylic acids is 1. The molecule has 1 N–H and O–H groups in total. The van der Waals surface area contributed by atoms with E-state index in [-0.39, 0.29) is 24.0 Å². The van der Waals surface area contributed by atoms with Crippen LogP contribution in [0.4, 0.5) is 10.5 Å². The van der Waals surface area contributed by atoms with Crippen molar-refractivity contribution in [2.45, 2.75) is 39.4 Å². The molecule has 2 rings (SSSR count). The molecule has 0 fully saturated rings. The van der Waals surface area contributed by atoms with E-state index in [1.807, 2.05) is 26.8 Å². The van der Waals surface area contributed by atoms with Crippen molar-refractivity contribution >= 4 is 17.4 Å². The predicted molar refractivity (Wildman–Crippen MR) is 89.4 cm³/mol. The van der Waals surface area contributed by atoms with Crippen molar-refractivity contribution in [2.75, 3.05) is 13.1 Å². The number of benzene rings is 1. The second-order valence-corrected chi connectivity index (χ2v) is 6.66. The molecule has 1 aromatic carbocycles. The first-order valence-electron chi connectivity index (χ1n) is 7.77. The number of carbonyl (C=O) groups is 1. The molecule has 0 aliphatic carbocycles. The summed E-state index contributed by atoms with van der Waals surface area (Å²) in [4.78, 5) is 24.2. The second kappa shape index (κ2) is 7.00. The van der Waals surface area contributed by atoms with Gasteiger partial charge in [-0.05, 0) is 44.4 Å². The largest absolute Gasteiger partial charge is 0.444 e. The monoisotopic (exact) mass is 334 g/mol. The number of amides is 1. The van der Waals surface area contributed by atoms with E-state index in [0.29, 0.717) is 19.5 Å². The molecule has 0 radical (unpaired) electrons. The van der Waals surface area contributed by atoms with E-state index < -0.39 is 10.5 Å². The van der Waals surface area contributed by atoms with Crippen LogP contribution in [0.5, 0.6) is 0 Å². The van der Waals surface area contributed by atoms with E-state index in [2.05, 4.69) is 0 Å². The summed E-state index contributed by atoms with van der Waals surface area (Å²) < 4.78 is 5.34. The standard InChI is InChI=1S/C17H22N2O5/c1-17(2,3)24-16(21)18-8-6-12(7-9-18)13-4-5-14(11-20)15(10-13)19(22)23/h4-6,10,20H,7-9,11H2,1-3H3. The van der Waals surface area contributed by atoms with Crippen molar-refractivity contribution in [3.63, 3.8) is 0 Å². The molecule has 1 aliphatic heterocycles. The maximum Gasteiger partial charge on any atom is 0.410 e. The van der Waals surface area contributed by atoms with Gasteiger partial charge < -0.3 is 14.7 Å². The van der Waals surface area contributed by atoms with Gasteiger partial charge in [0.25, 0.3) is 5.69 Å². The van der Waals surface area contributed by atoms with Crippen molar-refractivity contribution in [1.82, 2.24) is 4.90 Å². The van der Waals surface area contributed by atoms with Crippen LogP contribution in [0.3, 0.4) is 0 Å². The smallest absolute Gasteiger partial charge is 0.410 e. The van der Waals surface area contributed by atoms with Gasteiger partial charge in [-0.1, -0.05) is 12.1 Å². The number of ether oxygens (including phenoxy) is 1. The first-order chi connectivity index (χ1) is 11.2. The normalized spacial score (nSPS) is 15.0. The third-order valence-corrected chi connectivity index (χ3v) is 3.68. The highest BCUT2D eigenvalue weighted by Crippen LogP contribution is 2.28. The minimum absolute atomic E-state index is 0.0922. The van der Waals surface area contributed by atoms with E-state index in [9.17, 15) is 20.0 Å². The topological polar surface area (TPSA) is 92.9 Å². The van der Waals surface area contributed by atoms with Crippen molar-refractivity contribution < 1.29 is 19.6 Å². The van der Waals surface area contributed by atoms with E-state index in [1.54, 1.807) is 17.0 Å². The van der Waals surface area contributed by atoms with Crippen LogP contribution in [0.1, 0.15) is 38.3 Å². The average Bonchev–Trinajstić information content (AvgIpc) is 2.52. The Kier molecular flexibility index (Phi) is 5.23. The molecule has 0 bridgehead atoms. The Morgan fingerprint density at radius 1 is 1.42 bits per heavy atom. The van der Waals surface area contributed by atoms with Crippen molar-refractivity contribution in [1.29, 1.82) is 0 Å². The SMILES string of the molecule is CC(C)(C)OC(=O)N1CC=C(c2ccc(CO)c([N+](=O)[O-])c2)CC1. The Morgan fingerprint density at radius 3 is 2.62 bits per heavy atom. The van der Waals surface area contributed by atoms with Crippen LogP contribution in [0.25, 0.3) is 5.57 Å². The van der Waals surface area contributed by atoms with Crippen LogP contribution in [-0.2, 0) is 11.3 Å². The number of nitro groups is 1. The summed E-state index contributed by atoms with van der Waals surface area (Å²) in [6.07, 6.45) is 2.11. The maximum atomic E-state index is 12.0. The van der Waals surface area contributed by atoms with E-state index in [4.69, 9.17) is 4.74 Å². The Hall–Kier alpha value is -2.41. The van der Waals surface area contributed by atoms with Crippen LogP contribution < -0.4 is 0 Å². The fraction of sp³-hybridized carbons (Fsp3) is 0.471. The zero-order valence-electron chi connectivity index (χ0n) is 14.1. The Labute approximate surface area is 140 Å². The van der Waals surface area contributed by atoms with Crippen LogP contribution >= 0.6 is 0 Å². The molecular weight excluding hydrogens is 312 g/mol. The molecule has 1 heterocycles. The highest BCUT2D eigenvalue weighted by Gasteiger charge is 2.24. The predicted octanol–water partition coefficient (Wildman–Crippen LogP) is 3.11. The lowest BCUT2D eigenvalue weighted by Crippen LogP contribution is -2.39. The van der Waals surface area contributed by atoms with E-state index in [1.165, 1.54) is 6.07 Å². The van der Waals surface area contributed by atoms with Gasteiger partial charge in [-0.25, -0.2) is 4.79 Å². The molecule has 0 aromatic heterocycles. The Bertz CT molecular complexity index is 676. The molecule has 0 atom stereocenters. The fourth-order valence-corrected chi connectivity index (χ4v) is 2.49. The maximum absolute atomic E-state index is 12.0. The lowest BCUT2D eigenvalue weighted by molar-refractivity contribution is -0.385. The molecule has 24 heavy (non-hydrogen) atoms. The lowest BCUT2D eigenvalue weighted by Gasteiger charge is -2.29. The van der Waals surface area contributed by atoms with Crippen LogP contribution in [0.15, 0.2) is 24.3 Å². The zero-order valence-corrected chi connectivity index (χ0v) is 14.1. The van der Waals surface area contributed by atoms with Crippen LogP contribution in [-0.4, -0.2) is 39.7 Å². The molecule has 0 unspecified atom stereocenters. The van der Waals surface area contributed by atoms with E-state index in [0.717, 1.165) is 11.1 Å². The van der Waals surface area contributed by atoms with Gasteiger partial charge in [0.15, 0.2) is 0 Å². The Balaban J connectivity index is 2.14. The number of aliphatic hydroxyl groups excluding tert-OH is 1. The number of hydrogen-bond donors (Lipinski definition) is 1. The summed E-state index contributed by atoms with van der Waals surface area (Å²) in [6.45, 7) is 5.98. The molecule has 0 saturated heterocycles. The second-order valence-electron chi connectivity index (χ2n) is 6.66. The average molecular weight is 334 g/mol. The summed E-state index contributed by atoms with van der Waals surface area (Å²) >= 11 is 0. The van der Waals surface area contributed by atoms with Gasteiger partial charge in [-0.3, -0.25) is 10.1 Å². The van der Waals surface area contributed by atoms with Gasteiger partial charge in [0, 0.05) is 19.2 Å². The molecule has 130 valence electrons. The summed E-state index contributed by atoms with van der Waals surface area (Å²) in [5.74, 6) is 0. The number of nitrogens with zero attached hydrogens (tertiary/aromatic N) is 2. The molecule has 7 nitrogen and oxygen atoms in total. The van der Waals surface area contributed by atoms with Crippen LogP contribution in [0.2, 0.25) is 0 Å². The highest BCUT2D eigenvalue weighted by molar-refractivity contribution is 5.73. The third-order valence-electron chi connectivity index (χ3n) is 3.68. The van der Waals surface area contributed by atoms with Gasteiger partial charge in [0.2, 0.25) is 0 Å². The molecule has 1 aromatic rings. The van der Waals surface area contributed by atoms with Crippen molar-refractivity contribution in [3.05, 3.63) is 45.5 Å². The highest BCUT2D eigenvalue weighted by atomic mass is 16.6. The number of aliphatic hydroxyl groups is 1. The molecule has 1 aliphatic rings. The molecular formula is C17H22N2O5. The molecule has 0 saturated carbocycles. The third kappa shape index (κ3) is 4.32. The number of hydrogen-bond acceptors (Lipinski definition) is 5. The minimum Gasteiger partial charge on any atom is -0.444 e. The van der Waals surface area contributed by atoms with Gasteiger partial charge >= 0.3 is 6.09 Å². The first-order valence-corrected chi connectivity index (χ1v) is 7.77. The minimum atomic E-state index is -0.540. The first kappa shape index (κ1) is 17.9. The fourth-order valence-electron chi connectivity index (χ4n) is 2.49. The number of nitro benzene ring substituents is 1. The van der Waals surface area contributed by atoms with Crippen LogP contribution in [0, 0.1) is 10.1 Å². The molecule has 0 spiro atoms. The quantitative estimate of drug-likeness (QED) is 0.677. The van der Waals surface area contributed by atoms with Gasteiger partial charge in [-0.15, -0.1) is 0 Å². The molecule has 7 heteroatoms.